The Kier molecular flexibility index (Phi) is 5.09. The molecule has 0 saturated heterocycles. The first-order valence-corrected chi connectivity index (χ1v) is 6.18. The van der Waals surface area contributed by atoms with Crippen LogP contribution >= 0.6 is 0 Å². The number of benzene rings is 1. The van der Waals surface area contributed by atoms with Crippen LogP contribution in [0.5, 0.6) is 0 Å². The molecule has 0 aliphatic heterocycles. The van der Waals surface area contributed by atoms with Crippen molar-refractivity contribution in [1.82, 2.24) is 4.90 Å². The van der Waals surface area contributed by atoms with E-state index in [2.05, 4.69) is 31.0 Å². The lowest BCUT2D eigenvalue weighted by atomic mass is 10.1. The van der Waals surface area contributed by atoms with E-state index in [0.717, 1.165) is 18.7 Å². The lowest BCUT2D eigenvalue weighted by Crippen LogP contribution is -2.29. The van der Waals surface area contributed by atoms with Crippen LogP contribution in [0.1, 0.15) is 26.3 Å². The third-order valence-electron chi connectivity index (χ3n) is 3.05. The molecule has 0 spiro atoms. The summed E-state index contributed by atoms with van der Waals surface area (Å²) in [6, 6.07) is 5.78. The monoisotopic (exact) mass is 251 g/mol. The van der Waals surface area contributed by atoms with Crippen molar-refractivity contribution < 1.29 is 4.92 Å². The quantitative estimate of drug-likeness (QED) is 0.624. The number of nitrogens with one attached hydrogen (secondary N) is 1. The molecule has 0 radical (unpaired) electrons. The minimum atomic E-state index is -0.346. The van der Waals surface area contributed by atoms with Crippen LogP contribution in [0.2, 0.25) is 0 Å². The molecular weight excluding hydrogens is 230 g/mol. The molecular formula is C13H21N3O2. The number of nitrogens with zero attached hydrogens (tertiary/aromatic N) is 2. The summed E-state index contributed by atoms with van der Waals surface area (Å²) in [5.41, 5.74) is 1.66. The zero-order valence-electron chi connectivity index (χ0n) is 11.4. The molecule has 0 atom stereocenters. The lowest BCUT2D eigenvalue weighted by molar-refractivity contribution is -0.384. The molecule has 0 saturated carbocycles. The smallest absolute Gasteiger partial charge is 0.292 e. The van der Waals surface area contributed by atoms with E-state index >= 15 is 0 Å². The minimum Gasteiger partial charge on any atom is -0.383 e. The van der Waals surface area contributed by atoms with Crippen molar-refractivity contribution in [3.63, 3.8) is 0 Å². The maximum absolute atomic E-state index is 11.0. The molecule has 0 aliphatic rings. The SMILES string of the molecule is CCN(Cc1ccc(NC)c([N+](=O)[O-])c1)C(C)C. The van der Waals surface area contributed by atoms with Gasteiger partial charge in [0.1, 0.15) is 5.69 Å². The van der Waals surface area contributed by atoms with Gasteiger partial charge in [-0.25, -0.2) is 0 Å². The summed E-state index contributed by atoms with van der Waals surface area (Å²) < 4.78 is 0. The Morgan fingerprint density at radius 3 is 2.56 bits per heavy atom. The van der Waals surface area contributed by atoms with Gasteiger partial charge < -0.3 is 5.32 Å². The summed E-state index contributed by atoms with van der Waals surface area (Å²) in [5, 5.41) is 13.8. The molecule has 0 bridgehead atoms. The molecule has 100 valence electrons. The van der Waals surface area contributed by atoms with Gasteiger partial charge in [0.05, 0.1) is 4.92 Å². The molecule has 0 heterocycles. The number of nitro benzene ring substituents is 1. The summed E-state index contributed by atoms with van der Waals surface area (Å²) in [5.74, 6) is 0. The Hall–Kier alpha value is -1.62. The van der Waals surface area contributed by atoms with Crippen molar-refractivity contribution >= 4 is 11.4 Å². The van der Waals surface area contributed by atoms with Crippen LogP contribution in [0.3, 0.4) is 0 Å². The Labute approximate surface area is 108 Å². The van der Waals surface area contributed by atoms with Crippen molar-refractivity contribution in [2.24, 2.45) is 0 Å². The van der Waals surface area contributed by atoms with E-state index in [1.807, 2.05) is 6.07 Å². The van der Waals surface area contributed by atoms with Gasteiger partial charge in [0.2, 0.25) is 0 Å². The average molecular weight is 251 g/mol. The van der Waals surface area contributed by atoms with Crippen molar-refractivity contribution in [2.75, 3.05) is 18.9 Å². The van der Waals surface area contributed by atoms with Crippen molar-refractivity contribution in [2.45, 2.75) is 33.4 Å². The van der Waals surface area contributed by atoms with Crippen LogP contribution < -0.4 is 5.32 Å². The zero-order chi connectivity index (χ0) is 13.7. The Morgan fingerprint density at radius 2 is 2.11 bits per heavy atom. The van der Waals surface area contributed by atoms with Crippen LogP contribution in [0.15, 0.2) is 18.2 Å². The van der Waals surface area contributed by atoms with E-state index in [0.29, 0.717) is 11.7 Å². The second kappa shape index (κ2) is 6.35. The maximum Gasteiger partial charge on any atom is 0.292 e. The molecule has 0 amide bonds. The molecule has 18 heavy (non-hydrogen) atoms. The first-order chi connectivity index (χ1) is 8.49. The highest BCUT2D eigenvalue weighted by Gasteiger charge is 2.15. The number of rotatable bonds is 6. The second-order valence-electron chi connectivity index (χ2n) is 4.52. The number of nitro groups is 1. The van der Waals surface area contributed by atoms with Gasteiger partial charge in [-0.1, -0.05) is 13.0 Å². The molecule has 0 aliphatic carbocycles. The van der Waals surface area contributed by atoms with Gasteiger partial charge in [-0.2, -0.15) is 0 Å². The van der Waals surface area contributed by atoms with Gasteiger partial charge in [-0.15, -0.1) is 0 Å². The number of anilines is 1. The van der Waals surface area contributed by atoms with Crippen molar-refractivity contribution in [3.8, 4) is 0 Å². The molecule has 1 aromatic carbocycles. The van der Waals surface area contributed by atoms with Crippen molar-refractivity contribution in [3.05, 3.63) is 33.9 Å². The number of hydrogen-bond acceptors (Lipinski definition) is 4. The van der Waals surface area contributed by atoms with Crippen LogP contribution in [-0.4, -0.2) is 29.5 Å². The maximum atomic E-state index is 11.0. The molecule has 5 heteroatoms. The topological polar surface area (TPSA) is 58.4 Å². The predicted molar refractivity (Wildman–Crippen MR) is 73.9 cm³/mol. The van der Waals surface area contributed by atoms with Gasteiger partial charge >= 0.3 is 0 Å². The van der Waals surface area contributed by atoms with Crippen molar-refractivity contribution in [1.29, 1.82) is 0 Å². The highest BCUT2D eigenvalue weighted by Crippen LogP contribution is 2.25. The molecule has 1 N–H and O–H groups in total. The number of hydrogen-bond donors (Lipinski definition) is 1. The van der Waals surface area contributed by atoms with Crippen LogP contribution in [0, 0.1) is 10.1 Å². The zero-order valence-corrected chi connectivity index (χ0v) is 11.4. The molecule has 0 unspecified atom stereocenters. The van der Waals surface area contributed by atoms with Gasteiger partial charge in [0.15, 0.2) is 0 Å². The predicted octanol–water partition coefficient (Wildman–Crippen LogP) is 2.87. The second-order valence-corrected chi connectivity index (χ2v) is 4.52. The molecule has 1 rings (SSSR count). The van der Waals surface area contributed by atoms with E-state index < -0.39 is 0 Å². The van der Waals surface area contributed by atoms with E-state index in [1.54, 1.807) is 19.2 Å². The normalized spacial score (nSPS) is 11.0. The van der Waals surface area contributed by atoms with E-state index in [9.17, 15) is 10.1 Å². The Bertz CT molecular complexity index is 419. The fourth-order valence-corrected chi connectivity index (χ4v) is 1.93. The summed E-state index contributed by atoms with van der Waals surface area (Å²) in [7, 11) is 1.69. The third-order valence-corrected chi connectivity index (χ3v) is 3.05. The fraction of sp³-hybridized carbons (Fsp3) is 0.538. The van der Waals surface area contributed by atoms with Crippen LogP contribution in [0.4, 0.5) is 11.4 Å². The summed E-state index contributed by atoms with van der Waals surface area (Å²) in [6.07, 6.45) is 0. The van der Waals surface area contributed by atoms with Crippen LogP contribution in [-0.2, 0) is 6.54 Å². The molecule has 0 aromatic heterocycles. The Balaban J connectivity index is 2.97. The highest BCUT2D eigenvalue weighted by atomic mass is 16.6. The first-order valence-electron chi connectivity index (χ1n) is 6.18. The summed E-state index contributed by atoms with van der Waals surface area (Å²) in [6.45, 7) is 8.01. The van der Waals surface area contributed by atoms with Gasteiger partial charge in [0.25, 0.3) is 5.69 Å². The first kappa shape index (κ1) is 14.4. The van der Waals surface area contributed by atoms with Gasteiger partial charge in [0, 0.05) is 25.7 Å². The van der Waals surface area contributed by atoms with Gasteiger partial charge in [-0.3, -0.25) is 15.0 Å². The van der Waals surface area contributed by atoms with Gasteiger partial charge in [-0.05, 0) is 32.0 Å². The minimum absolute atomic E-state index is 0.134. The lowest BCUT2D eigenvalue weighted by Gasteiger charge is -2.24. The fourth-order valence-electron chi connectivity index (χ4n) is 1.93. The van der Waals surface area contributed by atoms with E-state index in [1.165, 1.54) is 0 Å². The summed E-state index contributed by atoms with van der Waals surface area (Å²) in [4.78, 5) is 12.9. The molecule has 5 nitrogen and oxygen atoms in total. The molecule has 0 fully saturated rings. The van der Waals surface area contributed by atoms with E-state index in [-0.39, 0.29) is 10.6 Å². The largest absolute Gasteiger partial charge is 0.383 e. The van der Waals surface area contributed by atoms with Crippen LogP contribution in [0.25, 0.3) is 0 Å². The third kappa shape index (κ3) is 3.43. The highest BCUT2D eigenvalue weighted by molar-refractivity contribution is 5.62. The molecule has 1 aromatic rings. The summed E-state index contributed by atoms with van der Waals surface area (Å²) >= 11 is 0. The Morgan fingerprint density at radius 1 is 1.44 bits per heavy atom. The average Bonchev–Trinajstić information content (AvgIpc) is 2.35. The standard InChI is InChI=1S/C13H21N3O2/c1-5-15(10(2)3)9-11-6-7-12(14-4)13(8-11)16(17)18/h6-8,10,14H,5,9H2,1-4H3. The van der Waals surface area contributed by atoms with E-state index in [4.69, 9.17) is 0 Å².